The standard InChI is InChI=1S/C13H12F2N2O/c14-10-3-2-9(6-11(10)15)7-17-12(18)13(8-16)4-1-5-13/h2-3,6H,1,4-5,7H2,(H,17,18). The van der Waals surface area contributed by atoms with Crippen LogP contribution in [0.3, 0.4) is 0 Å². The maximum absolute atomic E-state index is 12.9. The highest BCUT2D eigenvalue weighted by Crippen LogP contribution is 2.40. The lowest BCUT2D eigenvalue weighted by Crippen LogP contribution is -2.44. The zero-order chi connectivity index (χ0) is 13.2. The third-order valence-corrected chi connectivity index (χ3v) is 3.29. The van der Waals surface area contributed by atoms with Gasteiger partial charge in [-0.2, -0.15) is 5.26 Å². The molecular weight excluding hydrogens is 238 g/mol. The maximum Gasteiger partial charge on any atom is 0.240 e. The number of nitriles is 1. The van der Waals surface area contributed by atoms with Crippen molar-refractivity contribution in [3.05, 3.63) is 35.4 Å². The van der Waals surface area contributed by atoms with Crippen molar-refractivity contribution in [1.82, 2.24) is 5.32 Å². The van der Waals surface area contributed by atoms with Crippen LogP contribution in [0.15, 0.2) is 18.2 Å². The molecule has 1 aliphatic rings. The molecule has 0 aliphatic heterocycles. The zero-order valence-electron chi connectivity index (χ0n) is 9.67. The summed E-state index contributed by atoms with van der Waals surface area (Å²) in [7, 11) is 0. The van der Waals surface area contributed by atoms with Crippen molar-refractivity contribution in [2.24, 2.45) is 5.41 Å². The van der Waals surface area contributed by atoms with Gasteiger partial charge in [-0.15, -0.1) is 0 Å². The largest absolute Gasteiger partial charge is 0.351 e. The molecule has 5 heteroatoms. The van der Waals surface area contributed by atoms with Crippen LogP contribution in [-0.2, 0) is 11.3 Å². The summed E-state index contributed by atoms with van der Waals surface area (Å²) in [6, 6.07) is 5.48. The quantitative estimate of drug-likeness (QED) is 0.894. The number of benzene rings is 1. The number of nitrogens with zero attached hydrogens (tertiary/aromatic N) is 1. The average Bonchev–Trinajstić information content (AvgIpc) is 2.30. The molecule has 0 aromatic heterocycles. The lowest BCUT2D eigenvalue weighted by molar-refractivity contribution is -0.131. The summed E-state index contributed by atoms with van der Waals surface area (Å²) in [5.74, 6) is -2.20. The van der Waals surface area contributed by atoms with Gasteiger partial charge in [-0.25, -0.2) is 8.78 Å². The first-order valence-electron chi connectivity index (χ1n) is 5.71. The molecule has 18 heavy (non-hydrogen) atoms. The molecule has 1 fully saturated rings. The van der Waals surface area contributed by atoms with Crippen LogP contribution in [-0.4, -0.2) is 5.91 Å². The van der Waals surface area contributed by atoms with Gasteiger partial charge in [0.15, 0.2) is 11.6 Å². The fourth-order valence-corrected chi connectivity index (χ4v) is 1.92. The second-order valence-corrected chi connectivity index (χ2v) is 4.48. The number of carbonyl (C=O) groups excluding carboxylic acids is 1. The molecule has 0 atom stereocenters. The van der Waals surface area contributed by atoms with Gasteiger partial charge in [0.1, 0.15) is 5.41 Å². The molecule has 0 unspecified atom stereocenters. The van der Waals surface area contributed by atoms with Crippen molar-refractivity contribution in [3.8, 4) is 6.07 Å². The van der Waals surface area contributed by atoms with Gasteiger partial charge < -0.3 is 5.32 Å². The molecule has 1 saturated carbocycles. The average molecular weight is 250 g/mol. The zero-order valence-corrected chi connectivity index (χ0v) is 9.67. The van der Waals surface area contributed by atoms with E-state index in [2.05, 4.69) is 5.32 Å². The van der Waals surface area contributed by atoms with Crippen LogP contribution >= 0.6 is 0 Å². The van der Waals surface area contributed by atoms with Crippen LogP contribution in [0, 0.1) is 28.4 Å². The highest BCUT2D eigenvalue weighted by Gasteiger charge is 2.44. The van der Waals surface area contributed by atoms with E-state index in [1.54, 1.807) is 0 Å². The van der Waals surface area contributed by atoms with Crippen LogP contribution in [0.25, 0.3) is 0 Å². The lowest BCUT2D eigenvalue weighted by Gasteiger charge is -2.33. The first-order chi connectivity index (χ1) is 8.57. The number of hydrogen-bond donors (Lipinski definition) is 1. The Bertz CT molecular complexity index is 518. The smallest absolute Gasteiger partial charge is 0.240 e. The normalized spacial score (nSPS) is 16.5. The second-order valence-electron chi connectivity index (χ2n) is 4.48. The summed E-state index contributed by atoms with van der Waals surface area (Å²) in [5, 5.41) is 11.6. The number of nitrogens with one attached hydrogen (secondary N) is 1. The van der Waals surface area contributed by atoms with E-state index >= 15 is 0 Å². The first-order valence-corrected chi connectivity index (χ1v) is 5.71. The number of halogens is 2. The van der Waals surface area contributed by atoms with E-state index in [0.717, 1.165) is 18.6 Å². The Morgan fingerprint density at radius 1 is 1.39 bits per heavy atom. The molecule has 2 rings (SSSR count). The molecule has 1 aromatic carbocycles. The highest BCUT2D eigenvalue weighted by atomic mass is 19.2. The molecular formula is C13H12F2N2O. The van der Waals surface area contributed by atoms with Crippen molar-refractivity contribution in [2.45, 2.75) is 25.8 Å². The molecule has 3 nitrogen and oxygen atoms in total. The molecule has 1 aromatic rings. The predicted molar refractivity (Wildman–Crippen MR) is 60.1 cm³/mol. The summed E-state index contributed by atoms with van der Waals surface area (Å²) in [6.45, 7) is 0.0967. The van der Waals surface area contributed by atoms with Crippen molar-refractivity contribution in [1.29, 1.82) is 5.26 Å². The highest BCUT2D eigenvalue weighted by molar-refractivity contribution is 5.86. The van der Waals surface area contributed by atoms with E-state index in [1.807, 2.05) is 6.07 Å². The van der Waals surface area contributed by atoms with E-state index < -0.39 is 17.0 Å². The minimum absolute atomic E-state index is 0.0967. The molecule has 1 amide bonds. The molecule has 1 aliphatic carbocycles. The Labute approximate surface area is 103 Å². The molecule has 0 saturated heterocycles. The maximum atomic E-state index is 12.9. The van der Waals surface area contributed by atoms with Crippen LogP contribution in [0.1, 0.15) is 24.8 Å². The SMILES string of the molecule is N#CC1(C(=O)NCc2ccc(F)c(F)c2)CCC1. The fraction of sp³-hybridized carbons (Fsp3) is 0.385. The molecule has 94 valence electrons. The van der Waals surface area contributed by atoms with Gasteiger partial charge in [0.25, 0.3) is 0 Å². The van der Waals surface area contributed by atoms with Crippen LogP contribution in [0.5, 0.6) is 0 Å². The van der Waals surface area contributed by atoms with Crippen LogP contribution < -0.4 is 5.32 Å². The van der Waals surface area contributed by atoms with Gasteiger partial charge in [0.05, 0.1) is 6.07 Å². The summed E-state index contributed by atoms with van der Waals surface area (Å²) >= 11 is 0. The van der Waals surface area contributed by atoms with Gasteiger partial charge in [-0.1, -0.05) is 6.07 Å². The van der Waals surface area contributed by atoms with Crippen LogP contribution in [0.2, 0.25) is 0 Å². The van der Waals surface area contributed by atoms with E-state index in [4.69, 9.17) is 5.26 Å². The van der Waals surface area contributed by atoms with Gasteiger partial charge >= 0.3 is 0 Å². The Morgan fingerprint density at radius 2 is 2.11 bits per heavy atom. The van der Waals surface area contributed by atoms with Gasteiger partial charge in [-0.3, -0.25) is 4.79 Å². The molecule has 0 radical (unpaired) electrons. The molecule has 0 bridgehead atoms. The molecule has 0 spiro atoms. The number of carbonyl (C=O) groups is 1. The van der Waals surface area contributed by atoms with E-state index in [9.17, 15) is 13.6 Å². The third-order valence-electron chi connectivity index (χ3n) is 3.29. The minimum Gasteiger partial charge on any atom is -0.351 e. The molecule has 0 heterocycles. The number of amides is 1. The van der Waals surface area contributed by atoms with E-state index in [-0.39, 0.29) is 12.5 Å². The van der Waals surface area contributed by atoms with Gasteiger partial charge in [-0.05, 0) is 37.0 Å². The Kier molecular flexibility index (Phi) is 3.28. The monoisotopic (exact) mass is 250 g/mol. The van der Waals surface area contributed by atoms with Crippen molar-refractivity contribution in [2.75, 3.05) is 0 Å². The Balaban J connectivity index is 1.97. The van der Waals surface area contributed by atoms with Crippen molar-refractivity contribution >= 4 is 5.91 Å². The summed E-state index contributed by atoms with van der Waals surface area (Å²) in [5.41, 5.74) is -0.451. The third kappa shape index (κ3) is 2.19. The summed E-state index contributed by atoms with van der Waals surface area (Å²) in [6.07, 6.45) is 1.99. The Hall–Kier alpha value is -1.96. The minimum atomic E-state index is -0.944. The fourth-order valence-electron chi connectivity index (χ4n) is 1.92. The number of rotatable bonds is 3. The van der Waals surface area contributed by atoms with Crippen molar-refractivity contribution in [3.63, 3.8) is 0 Å². The predicted octanol–water partition coefficient (Wildman–Crippen LogP) is 2.27. The first kappa shape index (κ1) is 12.5. The second kappa shape index (κ2) is 4.73. The molecule has 1 N–H and O–H groups in total. The van der Waals surface area contributed by atoms with Crippen LogP contribution in [0.4, 0.5) is 8.78 Å². The van der Waals surface area contributed by atoms with E-state index in [1.165, 1.54) is 6.07 Å². The topological polar surface area (TPSA) is 52.9 Å². The summed E-state index contributed by atoms with van der Waals surface area (Å²) < 4.78 is 25.6. The Morgan fingerprint density at radius 3 is 2.61 bits per heavy atom. The summed E-state index contributed by atoms with van der Waals surface area (Å²) in [4.78, 5) is 11.8. The van der Waals surface area contributed by atoms with Crippen molar-refractivity contribution < 1.29 is 13.6 Å². The lowest BCUT2D eigenvalue weighted by atomic mass is 9.69. The van der Waals surface area contributed by atoms with E-state index in [0.29, 0.717) is 18.4 Å². The van der Waals surface area contributed by atoms with Gasteiger partial charge in [0, 0.05) is 6.54 Å². The van der Waals surface area contributed by atoms with Gasteiger partial charge in [0.2, 0.25) is 5.91 Å². The number of hydrogen-bond acceptors (Lipinski definition) is 2.